The highest BCUT2D eigenvalue weighted by atomic mass is 79.9. The van der Waals surface area contributed by atoms with Crippen LogP contribution in [0.5, 0.6) is 0 Å². The highest BCUT2D eigenvalue weighted by Gasteiger charge is 2.39. The van der Waals surface area contributed by atoms with Crippen molar-refractivity contribution < 1.29 is 19.1 Å². The van der Waals surface area contributed by atoms with Crippen LogP contribution >= 0.6 is 15.9 Å². The summed E-state index contributed by atoms with van der Waals surface area (Å²) in [5.74, 6) is -0.0134. The lowest BCUT2D eigenvalue weighted by atomic mass is 9.91. The number of halogens is 1. The van der Waals surface area contributed by atoms with Gasteiger partial charge < -0.3 is 9.47 Å². The maximum absolute atomic E-state index is 13.3. The molecule has 0 aromatic heterocycles. The van der Waals surface area contributed by atoms with Crippen LogP contribution in [0.4, 0.5) is 0 Å². The average molecular weight is 461 g/mol. The van der Waals surface area contributed by atoms with Crippen molar-refractivity contribution in [2.45, 2.75) is 71.2 Å². The van der Waals surface area contributed by atoms with Crippen LogP contribution in [0.3, 0.4) is 0 Å². The molecule has 1 aromatic carbocycles. The van der Waals surface area contributed by atoms with Gasteiger partial charge >= 0.3 is 5.97 Å². The summed E-state index contributed by atoms with van der Waals surface area (Å²) in [7, 11) is 0. The summed E-state index contributed by atoms with van der Waals surface area (Å²) in [5.41, 5.74) is 1.94. The molecule has 0 aliphatic carbocycles. The summed E-state index contributed by atoms with van der Waals surface area (Å²) in [6, 6.07) is 7.33. The topological polar surface area (TPSA) is 55.9 Å². The van der Waals surface area contributed by atoms with Crippen molar-refractivity contribution in [1.29, 1.82) is 0 Å². The number of hydrogen-bond donors (Lipinski definition) is 0. The first-order chi connectivity index (χ1) is 13.9. The zero-order valence-electron chi connectivity index (χ0n) is 17.3. The van der Waals surface area contributed by atoms with Gasteiger partial charge in [-0.25, -0.2) is 4.79 Å². The second-order valence-corrected chi connectivity index (χ2v) is 9.01. The third kappa shape index (κ3) is 6.13. The average Bonchev–Trinajstić information content (AvgIpc) is 3.42. The molecule has 2 aliphatic heterocycles. The first-order valence-electron chi connectivity index (χ1n) is 10.4. The zero-order valence-corrected chi connectivity index (χ0v) is 18.9. The number of ketones is 1. The van der Waals surface area contributed by atoms with E-state index in [0.29, 0.717) is 23.5 Å². The fourth-order valence-corrected chi connectivity index (χ4v) is 4.04. The summed E-state index contributed by atoms with van der Waals surface area (Å²) in [4.78, 5) is 25.7. The summed E-state index contributed by atoms with van der Waals surface area (Å²) in [5, 5.41) is 0. The number of fused-ring (bicyclic) bond motifs is 1. The van der Waals surface area contributed by atoms with Gasteiger partial charge in [0.2, 0.25) is 0 Å². The SMILES string of the molecule is CCC1=C/C(=O)O[C@@H](C)C[C@H]2O[C@@H]2CC[C@@H](C)C/C=C\1C(=O)c1ccc(Br)cc1. The lowest BCUT2D eigenvalue weighted by Gasteiger charge is -2.15. The van der Waals surface area contributed by atoms with Crippen LogP contribution in [-0.2, 0) is 14.3 Å². The number of Topliss-reactive ketones (excluding diaryl/α,β-unsaturated/α-hetero) is 1. The van der Waals surface area contributed by atoms with E-state index in [9.17, 15) is 9.59 Å². The molecule has 0 N–H and O–H groups in total. The molecule has 2 aliphatic rings. The van der Waals surface area contributed by atoms with Crippen molar-refractivity contribution >= 4 is 27.7 Å². The zero-order chi connectivity index (χ0) is 21.0. The number of cyclic esters (lactones) is 1. The number of benzene rings is 1. The van der Waals surface area contributed by atoms with Crippen LogP contribution in [0, 0.1) is 5.92 Å². The molecule has 1 saturated heterocycles. The summed E-state index contributed by atoms with van der Waals surface area (Å²) in [6.45, 7) is 6.06. The quantitative estimate of drug-likeness (QED) is 0.324. The van der Waals surface area contributed by atoms with E-state index < -0.39 is 5.97 Å². The summed E-state index contributed by atoms with van der Waals surface area (Å²) < 4.78 is 12.2. The van der Waals surface area contributed by atoms with Gasteiger partial charge in [-0.1, -0.05) is 35.9 Å². The van der Waals surface area contributed by atoms with Gasteiger partial charge in [0.25, 0.3) is 0 Å². The molecule has 1 fully saturated rings. The van der Waals surface area contributed by atoms with E-state index in [2.05, 4.69) is 22.9 Å². The minimum Gasteiger partial charge on any atom is -0.459 e. The Labute approximate surface area is 181 Å². The standard InChI is InChI=1S/C24H29BrO4/c1-4-17-14-23(26)28-16(3)13-22-21(29-22)12-6-15(2)5-11-20(17)24(27)18-7-9-19(25)10-8-18/h7-11,14-16,21-22H,4-6,12-13H2,1-3H3/b17-14-,20-11+/t15-,16-,21+,22+/m0/s1. The van der Waals surface area contributed by atoms with Gasteiger partial charge in [-0.3, -0.25) is 4.79 Å². The van der Waals surface area contributed by atoms with Gasteiger partial charge in [0, 0.05) is 28.1 Å². The number of rotatable bonds is 3. The summed E-state index contributed by atoms with van der Waals surface area (Å²) >= 11 is 3.41. The molecule has 4 nitrogen and oxygen atoms in total. The van der Waals surface area contributed by atoms with E-state index in [1.54, 1.807) is 12.1 Å². The Morgan fingerprint density at radius 3 is 2.55 bits per heavy atom. The van der Waals surface area contributed by atoms with Gasteiger partial charge in [0.1, 0.15) is 6.10 Å². The fraction of sp³-hybridized carbons (Fsp3) is 0.500. The number of carbonyl (C=O) groups excluding carboxylic acids is 2. The van der Waals surface area contributed by atoms with E-state index in [1.807, 2.05) is 32.1 Å². The molecule has 0 spiro atoms. The molecule has 3 rings (SSSR count). The van der Waals surface area contributed by atoms with Gasteiger partial charge in [-0.15, -0.1) is 0 Å². The maximum Gasteiger partial charge on any atom is 0.331 e. The van der Waals surface area contributed by atoms with Crippen molar-refractivity contribution in [3.63, 3.8) is 0 Å². The van der Waals surface area contributed by atoms with Gasteiger partial charge in [-0.05, 0) is 68.4 Å². The Bertz CT molecular complexity index is 809. The lowest BCUT2D eigenvalue weighted by Crippen LogP contribution is -2.17. The number of carbonyl (C=O) groups is 2. The first kappa shape index (κ1) is 22.0. The van der Waals surface area contributed by atoms with Crippen molar-refractivity contribution in [1.82, 2.24) is 0 Å². The van der Waals surface area contributed by atoms with Crippen LogP contribution < -0.4 is 0 Å². The second kappa shape index (κ2) is 9.86. The van der Waals surface area contributed by atoms with Crippen molar-refractivity contribution in [2.24, 2.45) is 5.92 Å². The largest absolute Gasteiger partial charge is 0.459 e. The molecule has 0 radical (unpaired) electrons. The van der Waals surface area contributed by atoms with Crippen LogP contribution in [-0.4, -0.2) is 30.1 Å². The molecular formula is C24H29BrO4. The minimum atomic E-state index is -0.397. The number of allylic oxidation sites excluding steroid dienone is 3. The molecule has 0 unspecified atom stereocenters. The fourth-order valence-electron chi connectivity index (χ4n) is 3.77. The third-order valence-electron chi connectivity index (χ3n) is 5.61. The van der Waals surface area contributed by atoms with E-state index in [1.165, 1.54) is 6.08 Å². The molecule has 2 heterocycles. The van der Waals surface area contributed by atoms with Crippen molar-refractivity contribution in [2.75, 3.05) is 0 Å². The van der Waals surface area contributed by atoms with Gasteiger partial charge in [-0.2, -0.15) is 0 Å². The minimum absolute atomic E-state index is 0.0590. The van der Waals surface area contributed by atoms with E-state index in [4.69, 9.17) is 9.47 Å². The summed E-state index contributed by atoms with van der Waals surface area (Å²) in [6.07, 6.45) is 7.91. The first-order valence-corrected chi connectivity index (χ1v) is 11.2. The van der Waals surface area contributed by atoms with Crippen LogP contribution in [0.15, 0.2) is 52.0 Å². The molecule has 0 saturated carbocycles. The van der Waals surface area contributed by atoms with Crippen LogP contribution in [0.25, 0.3) is 0 Å². The number of ether oxygens (including phenoxy) is 2. The number of esters is 1. The Balaban J connectivity index is 1.91. The maximum atomic E-state index is 13.3. The van der Waals surface area contributed by atoms with Crippen LogP contribution in [0.1, 0.15) is 63.2 Å². The number of hydrogen-bond acceptors (Lipinski definition) is 4. The van der Waals surface area contributed by atoms with Gasteiger partial charge in [0.05, 0.1) is 12.2 Å². The molecule has 4 atom stereocenters. The second-order valence-electron chi connectivity index (χ2n) is 8.09. The molecular weight excluding hydrogens is 432 g/mol. The number of epoxide rings is 1. The molecule has 5 heteroatoms. The Hall–Kier alpha value is -1.72. The highest BCUT2D eigenvalue weighted by molar-refractivity contribution is 9.10. The smallest absolute Gasteiger partial charge is 0.331 e. The van der Waals surface area contributed by atoms with Crippen molar-refractivity contribution in [3.05, 3.63) is 57.6 Å². The van der Waals surface area contributed by atoms with E-state index >= 15 is 0 Å². The Morgan fingerprint density at radius 1 is 1.14 bits per heavy atom. The highest BCUT2D eigenvalue weighted by Crippen LogP contribution is 2.33. The normalized spacial score (nSPS) is 31.9. The van der Waals surface area contributed by atoms with Crippen molar-refractivity contribution in [3.8, 4) is 0 Å². The molecule has 29 heavy (non-hydrogen) atoms. The molecule has 0 bridgehead atoms. The lowest BCUT2D eigenvalue weighted by molar-refractivity contribution is -0.142. The molecule has 0 amide bonds. The van der Waals surface area contributed by atoms with E-state index in [-0.39, 0.29) is 24.1 Å². The molecule has 1 aromatic rings. The van der Waals surface area contributed by atoms with E-state index in [0.717, 1.165) is 35.7 Å². The molecule has 156 valence electrons. The van der Waals surface area contributed by atoms with Gasteiger partial charge in [0.15, 0.2) is 5.78 Å². The van der Waals surface area contributed by atoms with Crippen LogP contribution in [0.2, 0.25) is 0 Å². The predicted octanol–water partition coefficient (Wildman–Crippen LogP) is 5.80. The predicted molar refractivity (Wildman–Crippen MR) is 117 cm³/mol. The Kier molecular flexibility index (Phi) is 7.47. The Morgan fingerprint density at radius 2 is 1.86 bits per heavy atom. The third-order valence-corrected chi connectivity index (χ3v) is 6.14. The monoisotopic (exact) mass is 460 g/mol.